The third kappa shape index (κ3) is 2.30. The zero-order chi connectivity index (χ0) is 9.97. The molecule has 2 unspecified atom stereocenters. The predicted octanol–water partition coefficient (Wildman–Crippen LogP) is 1.78. The van der Waals surface area contributed by atoms with E-state index < -0.39 is 0 Å². The largest absolute Gasteiger partial charge is 0.327 e. The average Bonchev–Trinajstić information content (AvgIpc) is 2.56. The van der Waals surface area contributed by atoms with Crippen molar-refractivity contribution >= 4 is 11.8 Å². The zero-order valence-electron chi connectivity index (χ0n) is 8.52. The Balaban J connectivity index is 1.95. The van der Waals surface area contributed by atoms with Crippen LogP contribution in [0.15, 0.2) is 17.3 Å². The Morgan fingerprint density at radius 3 is 2.93 bits per heavy atom. The number of aryl methyl sites for hydroxylation is 1. The second-order valence-corrected chi connectivity index (χ2v) is 5.27. The molecule has 1 aromatic rings. The summed E-state index contributed by atoms with van der Waals surface area (Å²) in [5, 5.41) is 4.75. The van der Waals surface area contributed by atoms with Gasteiger partial charge < -0.3 is 5.73 Å². The summed E-state index contributed by atoms with van der Waals surface area (Å²) in [6.45, 7) is 0. The minimum atomic E-state index is 0.369. The molecule has 2 rings (SSSR count). The van der Waals surface area contributed by atoms with Gasteiger partial charge in [0.25, 0.3) is 0 Å². The van der Waals surface area contributed by atoms with Gasteiger partial charge in [0.05, 0.1) is 6.20 Å². The van der Waals surface area contributed by atoms with Gasteiger partial charge in [0.1, 0.15) is 0 Å². The molecule has 14 heavy (non-hydrogen) atoms. The van der Waals surface area contributed by atoms with Crippen molar-refractivity contribution in [2.24, 2.45) is 12.8 Å². The van der Waals surface area contributed by atoms with Crippen LogP contribution in [-0.4, -0.2) is 21.1 Å². The van der Waals surface area contributed by atoms with Crippen molar-refractivity contribution in [3.63, 3.8) is 0 Å². The fraction of sp³-hybridized carbons (Fsp3) is 0.700. The number of hydrogen-bond acceptors (Lipinski definition) is 3. The molecule has 2 N–H and O–H groups in total. The maximum atomic E-state index is 6.09. The number of nitrogens with two attached hydrogens (primary N) is 1. The van der Waals surface area contributed by atoms with E-state index in [0.29, 0.717) is 11.3 Å². The zero-order valence-corrected chi connectivity index (χ0v) is 9.33. The second-order valence-electron chi connectivity index (χ2n) is 3.95. The third-order valence-corrected chi connectivity index (χ3v) is 4.09. The first-order chi connectivity index (χ1) is 6.75. The highest BCUT2D eigenvalue weighted by Crippen LogP contribution is 2.32. The average molecular weight is 211 g/mol. The van der Waals surface area contributed by atoms with Gasteiger partial charge in [-0.2, -0.15) is 5.10 Å². The molecule has 0 radical (unpaired) electrons. The fourth-order valence-electron chi connectivity index (χ4n) is 1.91. The Kier molecular flexibility index (Phi) is 3.13. The molecule has 1 fully saturated rings. The molecule has 0 bridgehead atoms. The van der Waals surface area contributed by atoms with Gasteiger partial charge in [0.2, 0.25) is 0 Å². The minimum absolute atomic E-state index is 0.369. The molecule has 0 spiro atoms. The quantitative estimate of drug-likeness (QED) is 0.811. The van der Waals surface area contributed by atoms with Crippen molar-refractivity contribution in [3.8, 4) is 0 Å². The van der Waals surface area contributed by atoms with Crippen LogP contribution in [0.3, 0.4) is 0 Å². The molecule has 0 aliphatic heterocycles. The topological polar surface area (TPSA) is 43.8 Å². The van der Waals surface area contributed by atoms with Gasteiger partial charge in [-0.05, 0) is 12.8 Å². The molecule has 1 aromatic heterocycles. The van der Waals surface area contributed by atoms with Crippen LogP contribution < -0.4 is 5.73 Å². The van der Waals surface area contributed by atoms with Crippen LogP contribution in [0.5, 0.6) is 0 Å². The first kappa shape index (κ1) is 10.1. The Morgan fingerprint density at radius 2 is 2.29 bits per heavy atom. The SMILES string of the molecule is Cn1cc(SC2CCCCC2N)cn1. The normalized spacial score (nSPS) is 27.9. The van der Waals surface area contributed by atoms with Gasteiger partial charge in [0, 0.05) is 29.4 Å². The van der Waals surface area contributed by atoms with E-state index in [1.54, 1.807) is 0 Å². The lowest BCUT2D eigenvalue weighted by Gasteiger charge is -2.27. The molecule has 3 nitrogen and oxygen atoms in total. The van der Waals surface area contributed by atoms with E-state index in [4.69, 9.17) is 5.73 Å². The number of nitrogens with zero attached hydrogens (tertiary/aromatic N) is 2. The number of aromatic nitrogens is 2. The second kappa shape index (κ2) is 4.36. The molecule has 0 aromatic carbocycles. The Hall–Kier alpha value is -0.480. The van der Waals surface area contributed by atoms with Gasteiger partial charge in [0.15, 0.2) is 0 Å². The lowest BCUT2D eigenvalue weighted by Crippen LogP contribution is -2.35. The van der Waals surface area contributed by atoms with Crippen LogP contribution in [0.1, 0.15) is 25.7 Å². The van der Waals surface area contributed by atoms with E-state index in [2.05, 4.69) is 11.3 Å². The van der Waals surface area contributed by atoms with E-state index in [1.807, 2.05) is 29.7 Å². The molecule has 2 atom stereocenters. The van der Waals surface area contributed by atoms with Crippen molar-refractivity contribution in [3.05, 3.63) is 12.4 Å². The minimum Gasteiger partial charge on any atom is -0.327 e. The van der Waals surface area contributed by atoms with Crippen LogP contribution in [-0.2, 0) is 7.05 Å². The Bertz CT molecular complexity index is 297. The highest BCUT2D eigenvalue weighted by atomic mass is 32.2. The smallest absolute Gasteiger partial charge is 0.0625 e. The van der Waals surface area contributed by atoms with Gasteiger partial charge in [-0.1, -0.05) is 12.8 Å². The van der Waals surface area contributed by atoms with Crippen molar-refractivity contribution < 1.29 is 0 Å². The van der Waals surface area contributed by atoms with Crippen LogP contribution >= 0.6 is 11.8 Å². The van der Waals surface area contributed by atoms with Crippen molar-refractivity contribution in [2.75, 3.05) is 0 Å². The first-order valence-electron chi connectivity index (χ1n) is 5.16. The van der Waals surface area contributed by atoms with Crippen LogP contribution in [0.25, 0.3) is 0 Å². The van der Waals surface area contributed by atoms with Gasteiger partial charge in [-0.15, -0.1) is 11.8 Å². The van der Waals surface area contributed by atoms with Crippen LogP contribution in [0.4, 0.5) is 0 Å². The predicted molar refractivity (Wildman–Crippen MR) is 59.3 cm³/mol. The lowest BCUT2D eigenvalue weighted by atomic mass is 9.96. The molecular formula is C10H17N3S. The first-order valence-corrected chi connectivity index (χ1v) is 6.04. The van der Waals surface area contributed by atoms with E-state index in [0.717, 1.165) is 0 Å². The number of rotatable bonds is 2. The van der Waals surface area contributed by atoms with Gasteiger partial charge in [-0.25, -0.2) is 0 Å². The molecule has 1 heterocycles. The number of hydrogen-bond donors (Lipinski definition) is 1. The summed E-state index contributed by atoms with van der Waals surface area (Å²) in [5.74, 6) is 0. The van der Waals surface area contributed by atoms with Gasteiger partial charge in [-0.3, -0.25) is 4.68 Å². The van der Waals surface area contributed by atoms with Crippen LogP contribution in [0.2, 0.25) is 0 Å². The highest BCUT2D eigenvalue weighted by molar-refractivity contribution is 8.00. The van der Waals surface area contributed by atoms with Crippen LogP contribution in [0, 0.1) is 0 Å². The Morgan fingerprint density at radius 1 is 1.50 bits per heavy atom. The van der Waals surface area contributed by atoms with Crippen molar-refractivity contribution in [1.29, 1.82) is 0 Å². The van der Waals surface area contributed by atoms with E-state index in [1.165, 1.54) is 30.6 Å². The molecule has 1 aliphatic carbocycles. The van der Waals surface area contributed by atoms with E-state index >= 15 is 0 Å². The Labute approximate surface area is 89.1 Å². The maximum absolute atomic E-state index is 6.09. The molecule has 0 saturated heterocycles. The highest BCUT2D eigenvalue weighted by Gasteiger charge is 2.22. The van der Waals surface area contributed by atoms with Gasteiger partial charge >= 0.3 is 0 Å². The molecule has 78 valence electrons. The summed E-state index contributed by atoms with van der Waals surface area (Å²) in [5.41, 5.74) is 6.09. The summed E-state index contributed by atoms with van der Waals surface area (Å²) in [6.07, 6.45) is 9.04. The third-order valence-electron chi connectivity index (χ3n) is 2.72. The standard InChI is InChI=1S/C10H17N3S/c1-13-7-8(6-12-13)14-10-5-3-2-4-9(10)11/h6-7,9-10H,2-5,11H2,1H3. The van der Waals surface area contributed by atoms with Crippen molar-refractivity contribution in [2.45, 2.75) is 41.9 Å². The summed E-state index contributed by atoms with van der Waals surface area (Å²) in [7, 11) is 1.95. The monoisotopic (exact) mass is 211 g/mol. The fourth-order valence-corrected chi connectivity index (χ4v) is 3.17. The summed E-state index contributed by atoms with van der Waals surface area (Å²) in [6, 6.07) is 0.369. The van der Waals surface area contributed by atoms with Crippen molar-refractivity contribution in [1.82, 2.24) is 9.78 Å². The van der Waals surface area contributed by atoms with E-state index in [9.17, 15) is 0 Å². The molecule has 4 heteroatoms. The number of thioether (sulfide) groups is 1. The molecular weight excluding hydrogens is 194 g/mol. The van der Waals surface area contributed by atoms with E-state index in [-0.39, 0.29) is 0 Å². The summed E-state index contributed by atoms with van der Waals surface area (Å²) < 4.78 is 1.84. The summed E-state index contributed by atoms with van der Waals surface area (Å²) in [4.78, 5) is 1.25. The molecule has 1 saturated carbocycles. The summed E-state index contributed by atoms with van der Waals surface area (Å²) >= 11 is 1.89. The lowest BCUT2D eigenvalue weighted by molar-refractivity contribution is 0.453. The molecule has 0 amide bonds. The molecule has 1 aliphatic rings. The maximum Gasteiger partial charge on any atom is 0.0625 e.